The van der Waals surface area contributed by atoms with E-state index in [1.807, 2.05) is 12.1 Å². The monoisotopic (exact) mass is 650 g/mol. The molecule has 0 amide bonds. The topological polar surface area (TPSA) is 78.8 Å². The van der Waals surface area contributed by atoms with Crippen LogP contribution in [0.1, 0.15) is 86.3 Å². The summed E-state index contributed by atoms with van der Waals surface area (Å²) in [4.78, 5) is 24.2. The van der Waals surface area contributed by atoms with Gasteiger partial charge in [-0.25, -0.2) is 4.98 Å². The van der Waals surface area contributed by atoms with E-state index < -0.39 is 12.0 Å². The van der Waals surface area contributed by atoms with Gasteiger partial charge in [0.25, 0.3) is 0 Å². The Labute approximate surface area is 242 Å². The van der Waals surface area contributed by atoms with Gasteiger partial charge in [0, 0.05) is 53.8 Å². The molecule has 0 aromatic carbocycles. The maximum atomic E-state index is 12.4. The number of rotatable bonds is 11. The number of halogens is 1. The summed E-state index contributed by atoms with van der Waals surface area (Å²) in [6, 6.07) is 5.39. The third-order valence-corrected chi connectivity index (χ3v) is 10.3. The third-order valence-electron chi connectivity index (χ3n) is 8.63. The summed E-state index contributed by atoms with van der Waals surface area (Å²) < 4.78 is 7.93. The summed E-state index contributed by atoms with van der Waals surface area (Å²) in [5.41, 5.74) is 4.23. The Kier molecular flexibility index (Phi) is 8.80. The maximum absolute atomic E-state index is 12.4. The van der Waals surface area contributed by atoms with Crippen LogP contribution in [0.4, 0.5) is 5.82 Å². The molecule has 0 spiro atoms. The first-order valence-corrected chi connectivity index (χ1v) is 15.5. The number of fused-ring (bicyclic) bond motifs is 1. The number of pyridine rings is 2. The molecule has 2 fully saturated rings. The average molecular weight is 651 g/mol. The quantitative estimate of drug-likeness (QED) is 0.139. The third kappa shape index (κ3) is 6.12. The number of unbranched alkanes of at least 4 members (excludes halogenated alkanes) is 1. The minimum Gasteiger partial charge on any atom is -0.496 e. The van der Waals surface area contributed by atoms with Crippen molar-refractivity contribution in [3.8, 4) is 5.75 Å². The summed E-state index contributed by atoms with van der Waals surface area (Å²) in [5, 5.41) is 10.3. The predicted molar refractivity (Wildman–Crippen MR) is 162 cm³/mol. The van der Waals surface area contributed by atoms with E-state index in [0.717, 1.165) is 106 Å². The number of aromatic nitrogens is 2. The van der Waals surface area contributed by atoms with E-state index in [0.29, 0.717) is 11.8 Å². The number of aryl methyl sites for hydroxylation is 1. The smallest absolute Gasteiger partial charge is 0.325 e. The Balaban J connectivity index is 1.18. The molecule has 2 aromatic heterocycles. The highest BCUT2D eigenvalue weighted by Crippen LogP contribution is 2.45. The molecule has 3 aliphatic rings. The number of likely N-dealkylation sites (tertiary alicyclic amines) is 1. The molecule has 206 valence electrons. The Morgan fingerprint density at radius 3 is 2.87 bits per heavy atom. The number of nitrogens with zero attached hydrogens (tertiary/aromatic N) is 4. The van der Waals surface area contributed by atoms with E-state index in [4.69, 9.17) is 9.72 Å². The highest BCUT2D eigenvalue weighted by atomic mass is 127. The van der Waals surface area contributed by atoms with Gasteiger partial charge in [-0.2, -0.15) is 0 Å². The Morgan fingerprint density at radius 2 is 2.13 bits per heavy atom. The van der Waals surface area contributed by atoms with Crippen molar-refractivity contribution >= 4 is 43.9 Å². The molecular formula is C29H40IN4O3P. The van der Waals surface area contributed by atoms with Gasteiger partial charge in [-0.3, -0.25) is 17.8 Å². The van der Waals surface area contributed by atoms with Gasteiger partial charge in [0.15, 0.2) is 0 Å². The van der Waals surface area contributed by atoms with E-state index in [-0.39, 0.29) is 5.16 Å². The number of carboxylic acid groups (broad SMARTS) is 1. The van der Waals surface area contributed by atoms with Gasteiger partial charge in [-0.15, -0.1) is 9.24 Å². The fourth-order valence-corrected chi connectivity index (χ4v) is 7.47. The Bertz CT molecular complexity index is 1160. The first-order chi connectivity index (χ1) is 18.3. The fourth-order valence-electron chi connectivity index (χ4n) is 6.25. The SMILES string of the molecule is COc1cc(CCCCC(C)(P)C2CCN([C@@H](C(=O)O)c3cccnc3C3CC3)C2)nc2c1CCCN2I. The highest BCUT2D eigenvalue weighted by Gasteiger charge is 2.41. The molecule has 1 saturated heterocycles. The second-order valence-corrected chi connectivity index (χ2v) is 14.0. The molecule has 1 N–H and O–H groups in total. The van der Waals surface area contributed by atoms with Crippen LogP contribution in [0.5, 0.6) is 5.75 Å². The molecule has 2 aliphatic heterocycles. The van der Waals surface area contributed by atoms with Crippen LogP contribution in [-0.4, -0.2) is 57.8 Å². The Morgan fingerprint density at radius 1 is 1.32 bits per heavy atom. The van der Waals surface area contributed by atoms with Crippen LogP contribution < -0.4 is 7.85 Å². The minimum atomic E-state index is -0.760. The lowest BCUT2D eigenvalue weighted by atomic mass is 9.87. The van der Waals surface area contributed by atoms with Crippen LogP contribution in [0, 0.1) is 5.92 Å². The van der Waals surface area contributed by atoms with Crippen LogP contribution in [0.25, 0.3) is 0 Å². The van der Waals surface area contributed by atoms with Gasteiger partial charge in [0.1, 0.15) is 17.6 Å². The van der Waals surface area contributed by atoms with Crippen molar-refractivity contribution in [2.45, 2.75) is 81.8 Å². The molecule has 2 aromatic rings. The zero-order chi connectivity index (χ0) is 26.9. The molecule has 4 heterocycles. The van der Waals surface area contributed by atoms with Gasteiger partial charge < -0.3 is 9.84 Å². The maximum Gasteiger partial charge on any atom is 0.325 e. The molecule has 0 bridgehead atoms. The van der Waals surface area contributed by atoms with Crippen molar-refractivity contribution in [2.75, 3.05) is 29.9 Å². The zero-order valence-electron chi connectivity index (χ0n) is 22.5. The number of ether oxygens (including phenoxy) is 1. The first kappa shape index (κ1) is 28.0. The number of aliphatic carboxylic acids is 1. The summed E-state index contributed by atoms with van der Waals surface area (Å²) in [6.45, 7) is 4.99. The number of carbonyl (C=O) groups is 1. The summed E-state index contributed by atoms with van der Waals surface area (Å²) in [6.07, 6.45) is 11.5. The summed E-state index contributed by atoms with van der Waals surface area (Å²) >= 11 is 2.36. The second-order valence-electron chi connectivity index (χ2n) is 11.5. The minimum absolute atomic E-state index is 0.0754. The summed E-state index contributed by atoms with van der Waals surface area (Å²) in [5.74, 6) is 2.16. The van der Waals surface area contributed by atoms with Crippen molar-refractivity contribution < 1.29 is 14.6 Å². The molecule has 3 unspecified atom stereocenters. The number of methoxy groups -OCH3 is 1. The van der Waals surface area contributed by atoms with Crippen LogP contribution in [0.2, 0.25) is 0 Å². The van der Waals surface area contributed by atoms with Crippen molar-refractivity contribution in [1.29, 1.82) is 0 Å². The van der Waals surface area contributed by atoms with Gasteiger partial charge in [0.05, 0.1) is 30.0 Å². The van der Waals surface area contributed by atoms with E-state index in [1.54, 1.807) is 13.3 Å². The number of anilines is 1. The summed E-state index contributed by atoms with van der Waals surface area (Å²) in [7, 11) is 4.88. The molecule has 0 radical (unpaired) electrons. The van der Waals surface area contributed by atoms with Gasteiger partial charge in [-0.1, -0.05) is 19.4 Å². The largest absolute Gasteiger partial charge is 0.496 e. The van der Waals surface area contributed by atoms with Crippen molar-refractivity contribution in [2.24, 2.45) is 5.92 Å². The molecule has 9 heteroatoms. The molecule has 38 heavy (non-hydrogen) atoms. The number of carboxylic acids is 1. The van der Waals surface area contributed by atoms with Crippen molar-refractivity contribution in [3.63, 3.8) is 0 Å². The van der Waals surface area contributed by atoms with E-state index in [1.165, 1.54) is 5.56 Å². The van der Waals surface area contributed by atoms with Crippen LogP contribution >= 0.6 is 32.1 Å². The standard InChI is InChI=1S/C29H40IN4O3P/c1-29(38,13-4-3-7-21-17-24(37-2)22-9-6-15-34(30)27(22)32-21)20-12-16-33(18-20)26(28(35)36)23-8-5-14-31-25(23)19-10-11-19/h5,8,14,17,19-20,26H,3-4,6-7,9-13,15-16,18,38H2,1-2H3,(H,35,36)/t20?,26-,29?/m1/s1. The van der Waals surface area contributed by atoms with Crippen molar-refractivity contribution in [1.82, 2.24) is 14.9 Å². The molecule has 4 atom stereocenters. The molecule has 1 saturated carbocycles. The lowest BCUT2D eigenvalue weighted by molar-refractivity contribution is -0.143. The van der Waals surface area contributed by atoms with Crippen LogP contribution in [-0.2, 0) is 17.6 Å². The average Bonchev–Trinajstić information content (AvgIpc) is 3.63. The molecule has 5 rings (SSSR count). The highest BCUT2D eigenvalue weighted by molar-refractivity contribution is 14.1. The molecule has 1 aliphatic carbocycles. The number of hydrogen-bond donors (Lipinski definition) is 1. The van der Waals surface area contributed by atoms with Gasteiger partial charge in [-0.05, 0) is 75.1 Å². The zero-order valence-corrected chi connectivity index (χ0v) is 25.8. The van der Waals surface area contributed by atoms with E-state index in [9.17, 15) is 9.90 Å². The molecule has 7 nitrogen and oxygen atoms in total. The second kappa shape index (κ2) is 11.9. The number of hydrogen-bond acceptors (Lipinski definition) is 6. The van der Waals surface area contributed by atoms with Crippen molar-refractivity contribution in [3.05, 3.63) is 46.9 Å². The Hall–Kier alpha value is -1.51. The lowest BCUT2D eigenvalue weighted by Gasteiger charge is -2.33. The van der Waals surface area contributed by atoms with Gasteiger partial charge >= 0.3 is 5.97 Å². The van der Waals surface area contributed by atoms with Crippen LogP contribution in [0.15, 0.2) is 24.4 Å². The van der Waals surface area contributed by atoms with Crippen LogP contribution in [0.3, 0.4) is 0 Å². The van der Waals surface area contributed by atoms with E-state index >= 15 is 0 Å². The normalized spacial score (nSPS) is 22.1. The lowest BCUT2D eigenvalue weighted by Crippen LogP contribution is -2.36. The predicted octanol–water partition coefficient (Wildman–Crippen LogP) is 5.96. The fraction of sp³-hybridized carbons (Fsp3) is 0.621. The molecular weight excluding hydrogens is 610 g/mol. The van der Waals surface area contributed by atoms with Gasteiger partial charge in [0.2, 0.25) is 0 Å². The first-order valence-electron chi connectivity index (χ1n) is 14.0. The van der Waals surface area contributed by atoms with E-state index in [2.05, 4.69) is 58.1 Å².